The van der Waals surface area contributed by atoms with Gasteiger partial charge in [-0.3, -0.25) is 4.57 Å². The van der Waals surface area contributed by atoms with E-state index in [9.17, 15) is 0 Å². The van der Waals surface area contributed by atoms with Crippen LogP contribution >= 0.6 is 0 Å². The predicted octanol–water partition coefficient (Wildman–Crippen LogP) is 18.8. The van der Waals surface area contributed by atoms with Crippen LogP contribution in [0.25, 0.3) is 106 Å². The van der Waals surface area contributed by atoms with E-state index in [-0.39, 0.29) is 5.41 Å². The molecule has 1 aliphatic carbocycles. The molecule has 0 unspecified atom stereocenters. The third-order valence-electron chi connectivity index (χ3n) is 17.4. The fourth-order valence-electron chi connectivity index (χ4n) is 13.7. The molecule has 0 N–H and O–H groups in total. The number of fused-ring (bicyclic) bond motifs is 13. The van der Waals surface area contributed by atoms with E-state index in [1.807, 2.05) is 6.20 Å². The molecule has 3 aromatic heterocycles. The zero-order valence-corrected chi connectivity index (χ0v) is 45.8. The maximum Gasteiger partial charge on any atom is 0.255 e. The van der Waals surface area contributed by atoms with Crippen LogP contribution in [0.5, 0.6) is 11.5 Å². The normalized spacial score (nSPS) is 12.9. The molecule has 0 radical (unpaired) electrons. The highest BCUT2D eigenvalue weighted by atomic mass is 16.5. The van der Waals surface area contributed by atoms with Crippen LogP contribution in [0, 0.1) is 0 Å². The second kappa shape index (κ2) is 18.3. The number of ether oxygens (including phenoxy) is 1. The lowest BCUT2D eigenvalue weighted by atomic mass is 9.67. The van der Waals surface area contributed by atoms with Gasteiger partial charge in [0.05, 0.1) is 16.4 Å². The Morgan fingerprint density at radius 2 is 0.963 bits per heavy atom. The van der Waals surface area contributed by atoms with Crippen molar-refractivity contribution >= 4 is 32.8 Å². The van der Waals surface area contributed by atoms with Crippen molar-refractivity contribution in [2.24, 2.45) is 0 Å². The summed E-state index contributed by atoms with van der Waals surface area (Å²) in [4.78, 5) is 4.94. The van der Waals surface area contributed by atoms with Gasteiger partial charge >= 0.3 is 0 Å². The first-order valence-corrected chi connectivity index (χ1v) is 28.3. The van der Waals surface area contributed by atoms with Crippen molar-refractivity contribution in [2.75, 3.05) is 0 Å². The van der Waals surface area contributed by atoms with Crippen LogP contribution in [-0.2, 0) is 10.8 Å². The van der Waals surface area contributed by atoms with Gasteiger partial charge < -0.3 is 4.74 Å². The average molecular weight is 1050 g/mol. The van der Waals surface area contributed by atoms with E-state index >= 15 is 0 Å². The van der Waals surface area contributed by atoms with Gasteiger partial charge in [0.2, 0.25) is 0 Å². The summed E-state index contributed by atoms with van der Waals surface area (Å²) in [6.45, 7) is 6.73. The number of aromatic nitrogens is 4. The standard InChI is InChI=1S/C77H55N4O/c1-76(2,3)53-44-45-78-73(46-53)81-70-36-16-13-30-64(70)65-43-42-56(48-72(65)81)82-55-23-17-22-54(47-55)79-49-80-74-57(31-18-32-66(74)60-26-9-7-24-58(60)59-25-8-10-27-61(59)67-33-19-37-71(79)75(67)80)50-38-40-52(41-39-50)77(51-20-5-4-6-21-51)68-34-14-11-28-62(68)63-29-12-15-35-69(63)77/h4-49H,1-3H3/q+1. The Balaban J connectivity index is 0.867. The molecule has 0 fully saturated rings. The van der Waals surface area contributed by atoms with E-state index in [4.69, 9.17) is 9.72 Å². The van der Waals surface area contributed by atoms with Gasteiger partial charge in [-0.25, -0.2) is 4.98 Å². The van der Waals surface area contributed by atoms with E-state index in [1.165, 1.54) is 66.6 Å². The monoisotopic (exact) mass is 1050 g/mol. The summed E-state index contributed by atoms with van der Waals surface area (Å²) in [6, 6.07) is 97.7. The van der Waals surface area contributed by atoms with Gasteiger partial charge in [0.1, 0.15) is 28.7 Å². The van der Waals surface area contributed by atoms with Gasteiger partial charge in [0.25, 0.3) is 6.33 Å². The number of rotatable bonds is 7. The van der Waals surface area contributed by atoms with E-state index < -0.39 is 5.41 Å². The van der Waals surface area contributed by atoms with Gasteiger partial charge in [-0.15, -0.1) is 0 Å². The maximum absolute atomic E-state index is 6.94. The van der Waals surface area contributed by atoms with Crippen LogP contribution in [0.3, 0.4) is 0 Å². The van der Waals surface area contributed by atoms with Crippen molar-refractivity contribution in [1.82, 2.24) is 14.1 Å². The van der Waals surface area contributed by atoms with Crippen molar-refractivity contribution < 1.29 is 9.30 Å². The number of hydrogen-bond acceptors (Lipinski definition) is 2. The summed E-state index contributed by atoms with van der Waals surface area (Å²) >= 11 is 0. The van der Waals surface area contributed by atoms with E-state index in [0.29, 0.717) is 0 Å². The number of para-hydroxylation sites is 3. The summed E-state index contributed by atoms with van der Waals surface area (Å²) in [5.41, 5.74) is 24.1. The first-order chi connectivity index (χ1) is 40.3. The first kappa shape index (κ1) is 47.6. The smallest absolute Gasteiger partial charge is 0.255 e. The van der Waals surface area contributed by atoms with E-state index in [1.54, 1.807) is 0 Å². The van der Waals surface area contributed by atoms with Crippen molar-refractivity contribution in [2.45, 2.75) is 31.6 Å². The molecule has 0 spiro atoms. The molecule has 2 aliphatic rings. The topological polar surface area (TPSA) is 35.9 Å². The Morgan fingerprint density at radius 3 is 1.70 bits per heavy atom. The van der Waals surface area contributed by atoms with Crippen LogP contribution in [0.2, 0.25) is 0 Å². The predicted molar refractivity (Wildman–Crippen MR) is 335 cm³/mol. The number of imidazole rings is 1. The minimum absolute atomic E-state index is 0.0321. The second-order valence-electron chi connectivity index (χ2n) is 22.9. The molecule has 16 rings (SSSR count). The van der Waals surface area contributed by atoms with Crippen LogP contribution in [0.1, 0.15) is 48.6 Å². The molecular formula is C77H55N4O+. The highest BCUT2D eigenvalue weighted by molar-refractivity contribution is 6.09. The zero-order chi connectivity index (χ0) is 54.7. The Hall–Kier alpha value is -10.4. The molecule has 5 heteroatoms. The first-order valence-electron chi connectivity index (χ1n) is 28.3. The molecule has 0 bridgehead atoms. The third-order valence-corrected chi connectivity index (χ3v) is 17.4. The minimum atomic E-state index is -0.501. The summed E-state index contributed by atoms with van der Waals surface area (Å²) in [7, 11) is 0. The average Bonchev–Trinajstić information content (AvgIpc) is 3.09. The zero-order valence-electron chi connectivity index (χ0n) is 45.8. The van der Waals surface area contributed by atoms with Crippen molar-refractivity contribution in [3.63, 3.8) is 0 Å². The second-order valence-corrected chi connectivity index (χ2v) is 22.9. The summed E-state index contributed by atoms with van der Waals surface area (Å²) in [6.07, 6.45) is 4.22. The summed E-state index contributed by atoms with van der Waals surface area (Å²) in [5, 5.41) is 2.32. The van der Waals surface area contributed by atoms with Gasteiger partial charge in [-0.1, -0.05) is 221 Å². The van der Waals surface area contributed by atoms with Crippen molar-refractivity contribution in [1.29, 1.82) is 0 Å². The summed E-state index contributed by atoms with van der Waals surface area (Å²) < 4.78 is 14.0. The number of pyridine rings is 1. The summed E-state index contributed by atoms with van der Waals surface area (Å²) in [5.74, 6) is 2.36. The molecule has 0 atom stereocenters. The number of nitrogens with zero attached hydrogens (tertiary/aromatic N) is 4. The van der Waals surface area contributed by atoms with Crippen LogP contribution < -0.4 is 9.30 Å². The Morgan fingerprint density at radius 1 is 0.415 bits per heavy atom. The SMILES string of the molecule is CC(C)(C)c1ccnc(-n2c3ccccc3c3ccc(Oc4cccc(-n5c[n+]6c7c(cccc75)-c5ccccc5-c5ccccc5-c5cccc(-c7ccc(C8(c9ccccc9)c9ccccc9-c9ccccc98)cc7)c5-6)c4)cc32)c1. The third kappa shape index (κ3) is 7.19. The number of hydrogen-bond donors (Lipinski definition) is 0. The Kier molecular flexibility index (Phi) is 10.7. The van der Waals surface area contributed by atoms with E-state index in [0.717, 1.165) is 78.4 Å². The molecule has 4 heterocycles. The van der Waals surface area contributed by atoms with Crippen LogP contribution in [-0.4, -0.2) is 14.1 Å². The highest BCUT2D eigenvalue weighted by Gasteiger charge is 2.46. The largest absolute Gasteiger partial charge is 0.457 e. The van der Waals surface area contributed by atoms with Crippen LogP contribution in [0.4, 0.5) is 0 Å². The molecule has 0 saturated carbocycles. The van der Waals surface area contributed by atoms with Gasteiger partial charge in [0.15, 0.2) is 11.0 Å². The molecular weight excluding hydrogens is 997 g/mol. The molecule has 1 aliphatic heterocycles. The molecule has 0 amide bonds. The minimum Gasteiger partial charge on any atom is -0.457 e. The lowest BCUT2D eigenvalue weighted by Crippen LogP contribution is -2.31. The Bertz CT molecular complexity index is 4840. The van der Waals surface area contributed by atoms with Crippen LogP contribution in [0.15, 0.2) is 279 Å². The Labute approximate surface area is 476 Å². The lowest BCUT2D eigenvalue weighted by molar-refractivity contribution is -0.566. The quantitative estimate of drug-likeness (QED) is 0.149. The number of benzene rings is 11. The van der Waals surface area contributed by atoms with Crippen molar-refractivity contribution in [3.05, 3.63) is 307 Å². The van der Waals surface area contributed by atoms with E-state index in [2.05, 4.69) is 308 Å². The molecule has 82 heavy (non-hydrogen) atoms. The van der Waals surface area contributed by atoms with Crippen molar-refractivity contribution in [3.8, 4) is 84.3 Å². The maximum atomic E-state index is 6.94. The van der Waals surface area contributed by atoms with Gasteiger partial charge in [0, 0.05) is 45.8 Å². The molecule has 0 saturated heterocycles. The lowest BCUT2D eigenvalue weighted by Gasteiger charge is -2.34. The highest BCUT2D eigenvalue weighted by Crippen LogP contribution is 2.56. The molecule has 5 nitrogen and oxygen atoms in total. The van der Waals surface area contributed by atoms with Gasteiger partial charge in [-0.05, 0) is 127 Å². The molecule has 14 aromatic rings. The fourth-order valence-corrected chi connectivity index (χ4v) is 13.7. The fraction of sp³-hybridized carbons (Fsp3) is 0.0649. The molecule has 11 aromatic carbocycles. The van der Waals surface area contributed by atoms with Gasteiger partial charge in [-0.2, -0.15) is 9.13 Å². The molecule has 388 valence electrons.